The summed E-state index contributed by atoms with van der Waals surface area (Å²) in [6.07, 6.45) is 5.73. The number of anilines is 1. The second-order valence-corrected chi connectivity index (χ2v) is 6.97. The number of rotatable bonds is 6. The van der Waals surface area contributed by atoms with Gasteiger partial charge in [-0.2, -0.15) is 0 Å². The highest BCUT2D eigenvalue weighted by Gasteiger charge is 2.19. The number of aliphatic hydroxyl groups excluding tert-OH is 1. The van der Waals surface area contributed by atoms with E-state index in [9.17, 15) is 4.79 Å². The van der Waals surface area contributed by atoms with Gasteiger partial charge in [-0.1, -0.05) is 35.9 Å². The molecule has 5 nitrogen and oxygen atoms in total. The van der Waals surface area contributed by atoms with Crippen LogP contribution in [0, 0.1) is 0 Å². The van der Waals surface area contributed by atoms with Gasteiger partial charge in [0.1, 0.15) is 5.82 Å². The van der Waals surface area contributed by atoms with Crippen molar-refractivity contribution in [2.24, 2.45) is 0 Å². The van der Waals surface area contributed by atoms with Gasteiger partial charge >= 0.3 is 0 Å². The lowest BCUT2D eigenvalue weighted by Gasteiger charge is -2.26. The van der Waals surface area contributed by atoms with Crippen molar-refractivity contribution in [3.63, 3.8) is 0 Å². The lowest BCUT2D eigenvalue weighted by atomic mass is 10.1. The summed E-state index contributed by atoms with van der Waals surface area (Å²) in [5, 5.41) is 12.7. The van der Waals surface area contributed by atoms with Gasteiger partial charge in [0.25, 0.3) is 5.91 Å². The van der Waals surface area contributed by atoms with Crippen LogP contribution in [0.15, 0.2) is 36.5 Å². The van der Waals surface area contributed by atoms with Crippen LogP contribution >= 0.6 is 11.6 Å². The van der Waals surface area contributed by atoms with E-state index >= 15 is 0 Å². The quantitative estimate of drug-likeness (QED) is 0.813. The third-order valence-electron chi connectivity index (χ3n) is 4.64. The number of carbonyl (C=O) groups is 1. The van der Waals surface area contributed by atoms with Crippen LogP contribution in [-0.2, 0) is 13.0 Å². The summed E-state index contributed by atoms with van der Waals surface area (Å²) in [6.45, 7) is 2.36. The number of carbonyl (C=O) groups excluding carboxylic acids is 1. The molecule has 0 unspecified atom stereocenters. The summed E-state index contributed by atoms with van der Waals surface area (Å²) < 4.78 is 0. The normalized spacial score (nSPS) is 14.3. The van der Waals surface area contributed by atoms with Crippen molar-refractivity contribution in [2.75, 3.05) is 25.0 Å². The maximum absolute atomic E-state index is 12.5. The van der Waals surface area contributed by atoms with E-state index in [2.05, 4.69) is 10.3 Å². The molecule has 1 saturated heterocycles. The highest BCUT2D eigenvalue weighted by atomic mass is 35.5. The first-order valence-electron chi connectivity index (χ1n) is 9.05. The second kappa shape index (κ2) is 9.01. The molecule has 1 aliphatic heterocycles. The Morgan fingerprint density at radius 1 is 1.15 bits per heavy atom. The van der Waals surface area contributed by atoms with E-state index < -0.39 is 0 Å². The third kappa shape index (κ3) is 4.74. The molecule has 3 rings (SSSR count). The summed E-state index contributed by atoms with van der Waals surface area (Å²) in [5.41, 5.74) is 2.62. The average molecular weight is 374 g/mol. The predicted molar refractivity (Wildman–Crippen MR) is 104 cm³/mol. The van der Waals surface area contributed by atoms with E-state index in [4.69, 9.17) is 16.7 Å². The standard InChI is InChI=1S/C20H24ClN3O2/c21-18-12-17(20(26)24-10-2-1-3-11-24)13-23-19(18)22-9-8-15-4-6-16(14-25)7-5-15/h4-7,12-13,25H,1-3,8-11,14H2,(H,22,23). The van der Waals surface area contributed by atoms with Gasteiger partial charge < -0.3 is 15.3 Å². The van der Waals surface area contributed by atoms with Crippen molar-refractivity contribution >= 4 is 23.3 Å². The Morgan fingerprint density at radius 2 is 1.85 bits per heavy atom. The average Bonchev–Trinajstić information content (AvgIpc) is 2.70. The molecule has 1 aromatic heterocycles. The van der Waals surface area contributed by atoms with Crippen molar-refractivity contribution in [3.8, 4) is 0 Å². The van der Waals surface area contributed by atoms with Gasteiger partial charge in [-0.25, -0.2) is 4.98 Å². The van der Waals surface area contributed by atoms with Gasteiger partial charge in [0.05, 0.1) is 17.2 Å². The Labute approximate surface area is 159 Å². The van der Waals surface area contributed by atoms with E-state index in [1.54, 1.807) is 12.3 Å². The topological polar surface area (TPSA) is 65.5 Å². The zero-order valence-electron chi connectivity index (χ0n) is 14.7. The number of halogens is 1. The fraction of sp³-hybridized carbons (Fsp3) is 0.400. The molecule has 0 saturated carbocycles. The number of nitrogens with zero attached hydrogens (tertiary/aromatic N) is 2. The molecule has 2 heterocycles. The minimum absolute atomic E-state index is 0.00891. The molecule has 0 atom stereocenters. The number of likely N-dealkylation sites (tertiary alicyclic amines) is 1. The highest BCUT2D eigenvalue weighted by molar-refractivity contribution is 6.33. The summed E-state index contributed by atoms with van der Waals surface area (Å²) in [5.74, 6) is 0.600. The molecule has 1 fully saturated rings. The van der Waals surface area contributed by atoms with Crippen LogP contribution in [0.1, 0.15) is 40.7 Å². The van der Waals surface area contributed by atoms with Crippen LogP contribution < -0.4 is 5.32 Å². The minimum Gasteiger partial charge on any atom is -0.392 e. The van der Waals surface area contributed by atoms with Gasteiger partial charge in [-0.05, 0) is 42.9 Å². The Balaban J connectivity index is 1.56. The highest BCUT2D eigenvalue weighted by Crippen LogP contribution is 2.22. The Kier molecular flexibility index (Phi) is 6.47. The number of amides is 1. The van der Waals surface area contributed by atoms with Crippen LogP contribution in [0.3, 0.4) is 0 Å². The molecule has 2 N–H and O–H groups in total. The van der Waals surface area contributed by atoms with Crippen molar-refractivity contribution < 1.29 is 9.90 Å². The minimum atomic E-state index is 0.00891. The summed E-state index contributed by atoms with van der Waals surface area (Å²) in [4.78, 5) is 18.7. The maximum atomic E-state index is 12.5. The molecule has 138 valence electrons. The van der Waals surface area contributed by atoms with Crippen molar-refractivity contribution in [1.82, 2.24) is 9.88 Å². The SMILES string of the molecule is O=C(c1cnc(NCCc2ccc(CO)cc2)c(Cl)c1)N1CCCCC1. The second-order valence-electron chi connectivity index (χ2n) is 6.56. The van der Waals surface area contributed by atoms with Crippen molar-refractivity contribution in [3.05, 3.63) is 58.2 Å². The number of pyridine rings is 1. The Bertz CT molecular complexity index is 743. The third-order valence-corrected chi connectivity index (χ3v) is 4.93. The van der Waals surface area contributed by atoms with Crippen molar-refractivity contribution in [1.29, 1.82) is 0 Å². The fourth-order valence-corrected chi connectivity index (χ4v) is 3.33. The van der Waals surface area contributed by atoms with Crippen LogP contribution in [0.4, 0.5) is 5.82 Å². The molecule has 0 bridgehead atoms. The van der Waals surface area contributed by atoms with Crippen LogP contribution in [-0.4, -0.2) is 40.5 Å². The van der Waals surface area contributed by atoms with Gasteiger partial charge in [0.15, 0.2) is 0 Å². The van der Waals surface area contributed by atoms with Crippen LogP contribution in [0.25, 0.3) is 0 Å². The number of aliphatic hydroxyl groups is 1. The fourth-order valence-electron chi connectivity index (χ4n) is 3.10. The first-order valence-corrected chi connectivity index (χ1v) is 9.42. The largest absolute Gasteiger partial charge is 0.392 e. The maximum Gasteiger partial charge on any atom is 0.255 e. The summed E-state index contributed by atoms with van der Waals surface area (Å²) in [6, 6.07) is 9.54. The van der Waals surface area contributed by atoms with Gasteiger partial charge in [0.2, 0.25) is 0 Å². The van der Waals surface area contributed by atoms with E-state index in [-0.39, 0.29) is 12.5 Å². The molecular weight excluding hydrogens is 350 g/mol. The predicted octanol–water partition coefficient (Wildman–Crippen LogP) is 3.51. The number of piperidine rings is 1. The lowest BCUT2D eigenvalue weighted by molar-refractivity contribution is 0.0724. The summed E-state index contributed by atoms with van der Waals surface area (Å²) in [7, 11) is 0. The number of hydrogen-bond acceptors (Lipinski definition) is 4. The number of benzene rings is 1. The molecule has 1 aromatic carbocycles. The van der Waals surface area contributed by atoms with E-state index in [1.165, 1.54) is 12.0 Å². The van der Waals surface area contributed by atoms with E-state index in [1.807, 2.05) is 29.2 Å². The number of aromatic nitrogens is 1. The zero-order chi connectivity index (χ0) is 18.4. The molecule has 0 spiro atoms. The first kappa shape index (κ1) is 18.7. The molecule has 0 radical (unpaired) electrons. The van der Waals surface area contributed by atoms with Gasteiger partial charge in [-0.3, -0.25) is 4.79 Å². The number of hydrogen-bond donors (Lipinski definition) is 2. The molecule has 1 aliphatic rings. The summed E-state index contributed by atoms with van der Waals surface area (Å²) >= 11 is 6.31. The van der Waals surface area contributed by atoms with Crippen LogP contribution in [0.5, 0.6) is 0 Å². The number of nitrogens with one attached hydrogen (secondary N) is 1. The molecule has 1 amide bonds. The smallest absolute Gasteiger partial charge is 0.255 e. The molecule has 26 heavy (non-hydrogen) atoms. The lowest BCUT2D eigenvalue weighted by Crippen LogP contribution is -2.35. The molecular formula is C20H24ClN3O2. The molecule has 0 aliphatic carbocycles. The molecule has 6 heteroatoms. The monoisotopic (exact) mass is 373 g/mol. The Hall–Kier alpha value is -2.11. The van der Waals surface area contributed by atoms with E-state index in [0.29, 0.717) is 22.9 Å². The van der Waals surface area contributed by atoms with E-state index in [0.717, 1.165) is 37.9 Å². The molecule has 2 aromatic rings. The van der Waals surface area contributed by atoms with Gasteiger partial charge in [0, 0.05) is 25.8 Å². The first-order chi connectivity index (χ1) is 12.7. The Morgan fingerprint density at radius 3 is 2.50 bits per heavy atom. The van der Waals surface area contributed by atoms with Crippen molar-refractivity contribution in [2.45, 2.75) is 32.3 Å². The van der Waals surface area contributed by atoms with Gasteiger partial charge in [-0.15, -0.1) is 0 Å². The zero-order valence-corrected chi connectivity index (χ0v) is 15.5. The van der Waals surface area contributed by atoms with Crippen LogP contribution in [0.2, 0.25) is 5.02 Å².